The molecule has 1 saturated heterocycles. The van der Waals surface area contributed by atoms with Gasteiger partial charge >= 0.3 is 0 Å². The zero-order valence-electron chi connectivity index (χ0n) is 20.7. The Morgan fingerprint density at radius 2 is 1.67 bits per heavy atom. The van der Waals surface area contributed by atoms with Crippen LogP contribution in [0.4, 0.5) is 11.5 Å². The highest BCUT2D eigenvalue weighted by Gasteiger charge is 2.24. The number of nitrogens with zero attached hydrogens (tertiary/aromatic N) is 5. The molecule has 0 aliphatic carbocycles. The third-order valence-electron chi connectivity index (χ3n) is 6.75. The van der Waals surface area contributed by atoms with Crippen LogP contribution < -0.4 is 10.6 Å². The number of benzene rings is 2. The molecule has 2 aromatic heterocycles. The Bertz CT molecular complexity index is 1360. The number of carbonyl (C=O) groups is 1. The van der Waals surface area contributed by atoms with Gasteiger partial charge in [0.05, 0.1) is 11.4 Å². The van der Waals surface area contributed by atoms with E-state index >= 15 is 0 Å². The number of amides is 1. The van der Waals surface area contributed by atoms with Crippen LogP contribution in [-0.2, 0) is 6.42 Å². The van der Waals surface area contributed by atoms with Crippen molar-refractivity contribution < 1.29 is 4.79 Å². The van der Waals surface area contributed by atoms with Crippen molar-refractivity contribution in [2.75, 3.05) is 36.8 Å². The first-order chi connectivity index (χ1) is 17.5. The SMILES string of the molecule is CCc1ncnc(-c2ccc(C(=O)N3CCN(c4ccccc4)CC3)c(C)c2)c1-c1ccc(N)nc1. The van der Waals surface area contributed by atoms with Gasteiger partial charge in [0.25, 0.3) is 5.91 Å². The van der Waals surface area contributed by atoms with Gasteiger partial charge in [0.1, 0.15) is 12.1 Å². The summed E-state index contributed by atoms with van der Waals surface area (Å²) in [6.45, 7) is 7.12. The number of carbonyl (C=O) groups excluding carboxylic acids is 1. The minimum absolute atomic E-state index is 0.0756. The van der Waals surface area contributed by atoms with Gasteiger partial charge in [-0.05, 0) is 55.3 Å². The first kappa shape index (κ1) is 23.5. The quantitative estimate of drug-likeness (QED) is 0.450. The summed E-state index contributed by atoms with van der Waals surface area (Å²) >= 11 is 0. The number of hydrogen-bond acceptors (Lipinski definition) is 6. The fourth-order valence-corrected chi connectivity index (χ4v) is 4.79. The molecule has 0 saturated carbocycles. The van der Waals surface area contributed by atoms with Crippen molar-refractivity contribution in [1.29, 1.82) is 0 Å². The molecular weight excluding hydrogens is 448 g/mol. The van der Waals surface area contributed by atoms with E-state index in [0.717, 1.165) is 58.7 Å². The van der Waals surface area contributed by atoms with E-state index in [1.165, 1.54) is 5.69 Å². The highest BCUT2D eigenvalue weighted by molar-refractivity contribution is 5.96. The second-order valence-electron chi connectivity index (χ2n) is 9.01. The van der Waals surface area contributed by atoms with Gasteiger partial charge in [-0.15, -0.1) is 0 Å². The molecule has 0 bridgehead atoms. The lowest BCUT2D eigenvalue weighted by atomic mass is 9.95. The monoisotopic (exact) mass is 478 g/mol. The molecule has 182 valence electrons. The third kappa shape index (κ3) is 4.64. The van der Waals surface area contributed by atoms with Gasteiger partial charge in [-0.1, -0.05) is 31.2 Å². The summed E-state index contributed by atoms with van der Waals surface area (Å²) in [6, 6.07) is 20.0. The summed E-state index contributed by atoms with van der Waals surface area (Å²) in [5.41, 5.74) is 13.3. The van der Waals surface area contributed by atoms with Crippen LogP contribution in [0.25, 0.3) is 22.4 Å². The smallest absolute Gasteiger partial charge is 0.254 e. The molecule has 3 heterocycles. The van der Waals surface area contributed by atoms with Crippen molar-refractivity contribution in [2.45, 2.75) is 20.3 Å². The average molecular weight is 479 g/mol. The number of nitrogens with two attached hydrogens (primary N) is 1. The molecule has 2 N–H and O–H groups in total. The van der Waals surface area contributed by atoms with Crippen molar-refractivity contribution in [3.05, 3.63) is 90.0 Å². The van der Waals surface area contributed by atoms with Crippen LogP contribution in [0.15, 0.2) is 73.2 Å². The van der Waals surface area contributed by atoms with E-state index in [4.69, 9.17) is 5.73 Å². The zero-order valence-corrected chi connectivity index (χ0v) is 20.7. The predicted molar refractivity (Wildman–Crippen MR) is 144 cm³/mol. The molecule has 1 fully saturated rings. The van der Waals surface area contributed by atoms with E-state index in [9.17, 15) is 4.79 Å². The molecule has 5 rings (SSSR count). The summed E-state index contributed by atoms with van der Waals surface area (Å²) in [4.78, 5) is 31.1. The Labute approximate surface area is 211 Å². The Kier molecular flexibility index (Phi) is 6.62. The maximum Gasteiger partial charge on any atom is 0.254 e. The minimum Gasteiger partial charge on any atom is -0.384 e. The lowest BCUT2D eigenvalue weighted by Gasteiger charge is -2.36. The first-order valence-corrected chi connectivity index (χ1v) is 12.3. The Morgan fingerprint density at radius 3 is 2.33 bits per heavy atom. The molecule has 1 aliphatic rings. The van der Waals surface area contributed by atoms with Gasteiger partial charge < -0.3 is 15.5 Å². The van der Waals surface area contributed by atoms with Crippen LogP contribution >= 0.6 is 0 Å². The molecule has 7 nitrogen and oxygen atoms in total. The molecule has 7 heteroatoms. The largest absolute Gasteiger partial charge is 0.384 e. The standard InChI is InChI=1S/C29H30N6O/c1-3-25-27(22-10-12-26(30)31-18-22)28(33-19-32-25)21-9-11-24(20(2)17-21)29(36)35-15-13-34(14-16-35)23-7-5-4-6-8-23/h4-12,17-19H,3,13-16H2,1-2H3,(H2,30,31). The van der Waals surface area contributed by atoms with Gasteiger partial charge in [0, 0.05) is 60.3 Å². The van der Waals surface area contributed by atoms with E-state index in [0.29, 0.717) is 18.9 Å². The normalized spacial score (nSPS) is 13.6. The fourth-order valence-electron chi connectivity index (χ4n) is 4.79. The van der Waals surface area contributed by atoms with Gasteiger partial charge in [-0.2, -0.15) is 0 Å². The number of nitrogen functional groups attached to an aromatic ring is 1. The van der Waals surface area contributed by atoms with Gasteiger partial charge in [-0.3, -0.25) is 4.79 Å². The number of para-hydroxylation sites is 1. The highest BCUT2D eigenvalue weighted by atomic mass is 16.2. The van der Waals surface area contributed by atoms with Crippen molar-refractivity contribution in [2.24, 2.45) is 0 Å². The van der Waals surface area contributed by atoms with E-state index in [2.05, 4.69) is 38.9 Å². The Morgan fingerprint density at radius 1 is 0.917 bits per heavy atom. The molecule has 0 atom stereocenters. The summed E-state index contributed by atoms with van der Waals surface area (Å²) < 4.78 is 0. The molecule has 0 unspecified atom stereocenters. The van der Waals surface area contributed by atoms with E-state index in [1.54, 1.807) is 18.6 Å². The maximum atomic E-state index is 13.4. The number of hydrogen-bond donors (Lipinski definition) is 1. The molecule has 4 aromatic rings. The highest BCUT2D eigenvalue weighted by Crippen LogP contribution is 2.33. The van der Waals surface area contributed by atoms with Crippen LogP contribution in [-0.4, -0.2) is 51.9 Å². The number of anilines is 2. The maximum absolute atomic E-state index is 13.4. The average Bonchev–Trinajstić information content (AvgIpc) is 2.93. The van der Waals surface area contributed by atoms with E-state index in [1.807, 2.05) is 54.3 Å². The summed E-state index contributed by atoms with van der Waals surface area (Å²) in [6.07, 6.45) is 4.12. The van der Waals surface area contributed by atoms with Gasteiger partial charge in [0.2, 0.25) is 0 Å². The van der Waals surface area contributed by atoms with Crippen molar-refractivity contribution in [1.82, 2.24) is 19.9 Å². The molecule has 1 amide bonds. The molecule has 1 aliphatic heterocycles. The number of aromatic nitrogens is 3. The van der Waals surface area contributed by atoms with Crippen molar-refractivity contribution >= 4 is 17.4 Å². The van der Waals surface area contributed by atoms with Crippen LogP contribution in [0, 0.1) is 6.92 Å². The first-order valence-electron chi connectivity index (χ1n) is 12.3. The number of pyridine rings is 1. The lowest BCUT2D eigenvalue weighted by Crippen LogP contribution is -2.48. The van der Waals surface area contributed by atoms with Crippen molar-refractivity contribution in [3.63, 3.8) is 0 Å². The second kappa shape index (κ2) is 10.2. The van der Waals surface area contributed by atoms with E-state index < -0.39 is 0 Å². The Balaban J connectivity index is 1.39. The minimum atomic E-state index is 0.0756. The predicted octanol–water partition coefficient (Wildman–Crippen LogP) is 4.62. The number of rotatable bonds is 5. The number of piperazine rings is 1. The second-order valence-corrected chi connectivity index (χ2v) is 9.01. The summed E-state index contributed by atoms with van der Waals surface area (Å²) in [5.74, 6) is 0.546. The lowest BCUT2D eigenvalue weighted by molar-refractivity contribution is 0.0746. The van der Waals surface area contributed by atoms with Crippen LogP contribution in [0.2, 0.25) is 0 Å². The van der Waals surface area contributed by atoms with Gasteiger partial charge in [-0.25, -0.2) is 15.0 Å². The summed E-state index contributed by atoms with van der Waals surface area (Å²) in [5, 5.41) is 0. The summed E-state index contributed by atoms with van der Waals surface area (Å²) in [7, 11) is 0. The fraction of sp³-hybridized carbons (Fsp3) is 0.241. The zero-order chi connectivity index (χ0) is 25.1. The molecule has 2 aromatic carbocycles. The molecule has 0 spiro atoms. The van der Waals surface area contributed by atoms with Gasteiger partial charge in [0.15, 0.2) is 0 Å². The van der Waals surface area contributed by atoms with Crippen LogP contribution in [0.5, 0.6) is 0 Å². The molecule has 36 heavy (non-hydrogen) atoms. The number of aryl methyl sites for hydroxylation is 2. The van der Waals surface area contributed by atoms with Crippen LogP contribution in [0.3, 0.4) is 0 Å². The van der Waals surface area contributed by atoms with Crippen LogP contribution in [0.1, 0.15) is 28.5 Å². The van der Waals surface area contributed by atoms with E-state index in [-0.39, 0.29) is 5.91 Å². The molecular formula is C29H30N6O. The Hall–Kier alpha value is -4.26. The van der Waals surface area contributed by atoms with Crippen molar-refractivity contribution in [3.8, 4) is 22.4 Å². The third-order valence-corrected chi connectivity index (χ3v) is 6.75. The topological polar surface area (TPSA) is 88.2 Å². The molecule has 0 radical (unpaired) electrons.